The fourth-order valence-electron chi connectivity index (χ4n) is 1.59. The maximum Gasteiger partial charge on any atom is 0.270 e. The van der Waals surface area contributed by atoms with Crippen LogP contribution in [-0.2, 0) is 20.1 Å². The highest BCUT2D eigenvalue weighted by atomic mass is 127. The molecule has 0 aromatic carbocycles. The van der Waals surface area contributed by atoms with Gasteiger partial charge >= 0.3 is 0 Å². The molecule has 18 heavy (non-hydrogen) atoms. The quantitative estimate of drug-likeness (QED) is 0.834. The van der Waals surface area contributed by atoms with Crippen LogP contribution in [0.3, 0.4) is 0 Å². The van der Waals surface area contributed by atoms with Crippen LogP contribution in [-0.4, -0.2) is 25.5 Å². The maximum absolute atomic E-state index is 12.0. The molecule has 2 heterocycles. The molecule has 0 saturated heterocycles. The molecule has 2 aromatic heterocycles. The van der Waals surface area contributed by atoms with Gasteiger partial charge in [0.05, 0.1) is 22.0 Å². The number of aromatic nitrogens is 4. The predicted molar refractivity (Wildman–Crippen MR) is 75.0 cm³/mol. The summed E-state index contributed by atoms with van der Waals surface area (Å²) in [6, 6.07) is 1.90. The zero-order valence-corrected chi connectivity index (χ0v) is 12.4. The summed E-state index contributed by atoms with van der Waals surface area (Å²) in [6.07, 6.45) is 3.57. The molecule has 0 aliphatic heterocycles. The molecule has 0 spiro atoms. The minimum atomic E-state index is -0.134. The van der Waals surface area contributed by atoms with Crippen LogP contribution < -0.4 is 5.32 Å². The Kier molecular flexibility index (Phi) is 4.00. The number of halogens is 1. The molecular formula is C11H14IN5O. The molecule has 0 saturated carbocycles. The standard InChI is InChI=1S/C11H14IN5O/c1-3-17-5-4-8(15-17)6-13-11(18)10-9(12)7-14-16(10)2/h4-5,7H,3,6H2,1-2H3,(H,13,18). The molecule has 1 amide bonds. The molecule has 6 nitrogen and oxygen atoms in total. The van der Waals surface area contributed by atoms with E-state index in [0.717, 1.165) is 15.8 Å². The second kappa shape index (κ2) is 5.51. The Morgan fingerprint density at radius 1 is 1.56 bits per heavy atom. The van der Waals surface area contributed by atoms with E-state index in [4.69, 9.17) is 0 Å². The van der Waals surface area contributed by atoms with Crippen LogP contribution in [0.25, 0.3) is 0 Å². The van der Waals surface area contributed by atoms with Crippen molar-refractivity contribution >= 4 is 28.5 Å². The molecule has 2 aromatic rings. The summed E-state index contributed by atoms with van der Waals surface area (Å²) in [6.45, 7) is 3.27. The minimum absolute atomic E-state index is 0.134. The molecule has 0 unspecified atom stereocenters. The van der Waals surface area contributed by atoms with Crippen molar-refractivity contribution in [1.29, 1.82) is 0 Å². The topological polar surface area (TPSA) is 64.7 Å². The Balaban J connectivity index is 2.00. The average Bonchev–Trinajstić information content (AvgIpc) is 2.93. The first kappa shape index (κ1) is 13.1. The molecule has 0 fully saturated rings. The summed E-state index contributed by atoms with van der Waals surface area (Å²) in [4.78, 5) is 12.0. The van der Waals surface area contributed by atoms with Crippen molar-refractivity contribution in [2.24, 2.45) is 7.05 Å². The molecule has 0 bridgehead atoms. The van der Waals surface area contributed by atoms with E-state index >= 15 is 0 Å². The number of amides is 1. The van der Waals surface area contributed by atoms with Gasteiger partial charge in [-0.1, -0.05) is 0 Å². The van der Waals surface area contributed by atoms with Crippen molar-refractivity contribution in [1.82, 2.24) is 24.9 Å². The Bertz CT molecular complexity index is 540. The maximum atomic E-state index is 12.0. The number of hydrogen-bond donors (Lipinski definition) is 1. The van der Waals surface area contributed by atoms with Crippen LogP contribution in [0.5, 0.6) is 0 Å². The molecule has 0 aliphatic carbocycles. The van der Waals surface area contributed by atoms with Gasteiger partial charge < -0.3 is 5.32 Å². The molecule has 1 N–H and O–H groups in total. The third-order valence-corrected chi connectivity index (χ3v) is 3.35. The summed E-state index contributed by atoms with van der Waals surface area (Å²) < 4.78 is 4.24. The summed E-state index contributed by atoms with van der Waals surface area (Å²) in [5, 5.41) is 11.2. The van der Waals surface area contributed by atoms with Crippen molar-refractivity contribution in [2.45, 2.75) is 20.0 Å². The molecule has 0 aliphatic rings. The van der Waals surface area contributed by atoms with Crippen LogP contribution in [0.4, 0.5) is 0 Å². The Morgan fingerprint density at radius 3 is 2.89 bits per heavy atom. The molecule has 96 valence electrons. The first-order valence-electron chi connectivity index (χ1n) is 5.60. The van der Waals surface area contributed by atoms with E-state index < -0.39 is 0 Å². The summed E-state index contributed by atoms with van der Waals surface area (Å²) in [7, 11) is 1.75. The zero-order chi connectivity index (χ0) is 13.1. The highest BCUT2D eigenvalue weighted by Gasteiger charge is 2.14. The Morgan fingerprint density at radius 2 is 2.33 bits per heavy atom. The van der Waals surface area contributed by atoms with Gasteiger partial charge in [0, 0.05) is 19.8 Å². The number of hydrogen-bond acceptors (Lipinski definition) is 3. The van der Waals surface area contributed by atoms with Crippen LogP contribution in [0.1, 0.15) is 23.1 Å². The molecular weight excluding hydrogens is 345 g/mol. The van der Waals surface area contributed by atoms with Crippen molar-refractivity contribution < 1.29 is 4.79 Å². The van der Waals surface area contributed by atoms with E-state index in [2.05, 4.69) is 38.1 Å². The SMILES string of the molecule is CCn1ccc(CNC(=O)c2c(I)cnn2C)n1. The smallest absolute Gasteiger partial charge is 0.270 e. The lowest BCUT2D eigenvalue weighted by atomic mass is 10.3. The first-order chi connectivity index (χ1) is 8.61. The summed E-state index contributed by atoms with van der Waals surface area (Å²) >= 11 is 2.10. The van der Waals surface area contributed by atoms with Crippen molar-refractivity contribution in [2.75, 3.05) is 0 Å². The highest BCUT2D eigenvalue weighted by molar-refractivity contribution is 14.1. The van der Waals surface area contributed by atoms with Gasteiger partial charge in [0.15, 0.2) is 0 Å². The molecule has 7 heteroatoms. The second-order valence-corrected chi connectivity index (χ2v) is 4.97. The van der Waals surface area contributed by atoms with E-state index in [1.54, 1.807) is 17.9 Å². The van der Waals surface area contributed by atoms with Crippen molar-refractivity contribution in [3.8, 4) is 0 Å². The average molecular weight is 359 g/mol. The van der Waals surface area contributed by atoms with E-state index in [1.807, 2.05) is 23.9 Å². The molecule has 0 atom stereocenters. The fourth-order valence-corrected chi connectivity index (χ4v) is 2.31. The minimum Gasteiger partial charge on any atom is -0.345 e. The van der Waals surface area contributed by atoms with E-state index in [-0.39, 0.29) is 5.91 Å². The van der Waals surface area contributed by atoms with Crippen molar-refractivity contribution in [3.05, 3.63) is 33.4 Å². The first-order valence-corrected chi connectivity index (χ1v) is 6.67. The van der Waals surface area contributed by atoms with Gasteiger partial charge in [0.2, 0.25) is 0 Å². The van der Waals surface area contributed by atoms with E-state index in [9.17, 15) is 4.79 Å². The van der Waals surface area contributed by atoms with Crippen LogP contribution >= 0.6 is 22.6 Å². The van der Waals surface area contributed by atoms with Gasteiger partial charge in [-0.2, -0.15) is 10.2 Å². The number of rotatable bonds is 4. The number of nitrogens with one attached hydrogen (secondary N) is 1. The molecule has 0 radical (unpaired) electrons. The Hall–Kier alpha value is -1.38. The lowest BCUT2D eigenvalue weighted by molar-refractivity contribution is 0.0940. The number of nitrogens with zero attached hydrogens (tertiary/aromatic N) is 4. The molecule has 2 rings (SSSR count). The van der Waals surface area contributed by atoms with Gasteiger partial charge in [-0.15, -0.1) is 0 Å². The monoisotopic (exact) mass is 359 g/mol. The third kappa shape index (κ3) is 2.71. The highest BCUT2D eigenvalue weighted by Crippen LogP contribution is 2.10. The van der Waals surface area contributed by atoms with Crippen molar-refractivity contribution in [3.63, 3.8) is 0 Å². The summed E-state index contributed by atoms with van der Waals surface area (Å²) in [5.74, 6) is -0.134. The van der Waals surface area contributed by atoms with Gasteiger partial charge in [0.25, 0.3) is 5.91 Å². The van der Waals surface area contributed by atoms with Crippen LogP contribution in [0.15, 0.2) is 18.5 Å². The summed E-state index contributed by atoms with van der Waals surface area (Å²) in [5.41, 5.74) is 1.42. The van der Waals surface area contributed by atoms with Crippen LogP contribution in [0, 0.1) is 3.57 Å². The van der Waals surface area contributed by atoms with Gasteiger partial charge in [0.1, 0.15) is 5.69 Å². The number of carbonyl (C=O) groups is 1. The largest absolute Gasteiger partial charge is 0.345 e. The van der Waals surface area contributed by atoms with Gasteiger partial charge in [-0.25, -0.2) is 0 Å². The number of carbonyl (C=O) groups excluding carboxylic acids is 1. The Labute approximate surface area is 119 Å². The number of aryl methyl sites for hydroxylation is 2. The lowest BCUT2D eigenvalue weighted by Gasteiger charge is -2.04. The normalized spacial score (nSPS) is 10.6. The van der Waals surface area contributed by atoms with Gasteiger partial charge in [-0.3, -0.25) is 14.2 Å². The predicted octanol–water partition coefficient (Wildman–Crippen LogP) is 1.17. The van der Waals surface area contributed by atoms with Crippen LogP contribution in [0.2, 0.25) is 0 Å². The fraction of sp³-hybridized carbons (Fsp3) is 0.364. The second-order valence-electron chi connectivity index (χ2n) is 3.81. The van der Waals surface area contributed by atoms with E-state index in [0.29, 0.717) is 12.2 Å². The van der Waals surface area contributed by atoms with Gasteiger partial charge in [-0.05, 0) is 35.6 Å². The lowest BCUT2D eigenvalue weighted by Crippen LogP contribution is -2.26. The zero-order valence-electron chi connectivity index (χ0n) is 10.2. The van der Waals surface area contributed by atoms with E-state index in [1.165, 1.54) is 0 Å². The third-order valence-electron chi connectivity index (χ3n) is 2.56.